The van der Waals surface area contributed by atoms with Crippen LogP contribution in [0.5, 0.6) is 17.4 Å². The van der Waals surface area contributed by atoms with E-state index in [1.54, 1.807) is 0 Å². The van der Waals surface area contributed by atoms with E-state index in [9.17, 15) is 9.59 Å². The van der Waals surface area contributed by atoms with Crippen LogP contribution in [-0.2, 0) is 7.05 Å². The average Bonchev–Trinajstić information content (AvgIpc) is 2.45. The first-order valence-electron chi connectivity index (χ1n) is 6.91. The maximum Gasteiger partial charge on any atom is 0.409 e. The van der Waals surface area contributed by atoms with Gasteiger partial charge in [0.15, 0.2) is 5.75 Å². The van der Waals surface area contributed by atoms with Gasteiger partial charge in [0.25, 0.3) is 5.56 Å². The Morgan fingerprint density at radius 2 is 1.83 bits per heavy atom. The Balaban J connectivity index is 2.42. The highest BCUT2D eigenvalue weighted by Crippen LogP contribution is 2.39. The van der Waals surface area contributed by atoms with Crippen LogP contribution in [0, 0.1) is 0 Å². The summed E-state index contributed by atoms with van der Waals surface area (Å²) in [5, 5.41) is 4.22. The minimum absolute atomic E-state index is 0.00802. The van der Waals surface area contributed by atoms with Crippen molar-refractivity contribution in [2.45, 2.75) is 19.8 Å². The van der Waals surface area contributed by atoms with Crippen LogP contribution in [0.15, 0.2) is 23.0 Å². The molecule has 2 rings (SSSR count). The number of ether oxygens (including phenoxy) is 2. The van der Waals surface area contributed by atoms with Crippen molar-refractivity contribution in [2.24, 2.45) is 12.8 Å². The summed E-state index contributed by atoms with van der Waals surface area (Å²) in [7, 11) is 1.52. The first-order valence-corrected chi connectivity index (χ1v) is 7.67. The maximum atomic E-state index is 12.0. The fourth-order valence-corrected chi connectivity index (χ4v) is 2.53. The number of aryl methyl sites for hydroxylation is 1. The zero-order valence-electron chi connectivity index (χ0n) is 13.2. The van der Waals surface area contributed by atoms with E-state index in [2.05, 4.69) is 5.10 Å². The summed E-state index contributed by atoms with van der Waals surface area (Å²) in [4.78, 5) is 22.8. The molecule has 0 spiro atoms. The van der Waals surface area contributed by atoms with Gasteiger partial charge >= 0.3 is 6.09 Å². The number of carbonyl (C=O) groups excluding carboxylic acids is 1. The molecule has 0 saturated carbocycles. The Bertz CT molecular complexity index is 826. The fraction of sp³-hybridized carbons (Fsp3) is 0.267. The number of nitrogens with zero attached hydrogens (tertiary/aromatic N) is 2. The molecule has 0 aliphatic rings. The molecule has 0 atom stereocenters. The summed E-state index contributed by atoms with van der Waals surface area (Å²) in [5.41, 5.74) is 5.28. The normalized spacial score (nSPS) is 10.8. The summed E-state index contributed by atoms with van der Waals surface area (Å²) >= 11 is 12.2. The Kier molecular flexibility index (Phi) is 5.36. The number of amides is 1. The van der Waals surface area contributed by atoms with Crippen LogP contribution in [0.1, 0.15) is 25.3 Å². The molecule has 0 aliphatic heterocycles. The molecule has 1 heterocycles. The third-order valence-electron chi connectivity index (χ3n) is 3.09. The van der Waals surface area contributed by atoms with E-state index in [1.165, 1.54) is 29.9 Å². The van der Waals surface area contributed by atoms with E-state index in [1.807, 2.05) is 13.8 Å². The van der Waals surface area contributed by atoms with Crippen LogP contribution in [0.4, 0.5) is 4.79 Å². The topological polar surface area (TPSA) is 96.4 Å². The van der Waals surface area contributed by atoms with E-state index in [0.29, 0.717) is 5.56 Å². The molecule has 0 saturated heterocycles. The smallest absolute Gasteiger partial charge is 0.409 e. The maximum absolute atomic E-state index is 12.0. The van der Waals surface area contributed by atoms with Crippen molar-refractivity contribution in [1.82, 2.24) is 9.78 Å². The number of hydrogen-bond donors (Lipinski definition) is 1. The van der Waals surface area contributed by atoms with Gasteiger partial charge in [-0.1, -0.05) is 37.0 Å². The molecule has 128 valence electrons. The van der Waals surface area contributed by atoms with Crippen molar-refractivity contribution in [1.29, 1.82) is 0 Å². The highest BCUT2D eigenvalue weighted by Gasteiger charge is 2.16. The number of primary amides is 1. The standard InChI is InChI=1S/C15H15Cl2N3O4/c1-7(2)9-6-12(19-20(3)14(9)21)24-13-10(16)4-8(5-11(13)17)23-15(18)22/h4-7H,1-3H3,(H2,18,22). The second kappa shape index (κ2) is 7.11. The van der Waals surface area contributed by atoms with Crippen LogP contribution in [-0.4, -0.2) is 15.9 Å². The summed E-state index contributed by atoms with van der Waals surface area (Å²) in [6.07, 6.45) is -0.989. The van der Waals surface area contributed by atoms with Crippen LogP contribution >= 0.6 is 23.2 Å². The predicted octanol–water partition coefficient (Wildman–Crippen LogP) is 3.46. The monoisotopic (exact) mass is 371 g/mol. The summed E-state index contributed by atoms with van der Waals surface area (Å²) in [5.74, 6) is 0.358. The quantitative estimate of drug-likeness (QED) is 0.887. The molecular weight excluding hydrogens is 357 g/mol. The lowest BCUT2D eigenvalue weighted by molar-refractivity contribution is 0.211. The van der Waals surface area contributed by atoms with Crippen molar-refractivity contribution in [3.63, 3.8) is 0 Å². The molecule has 1 aromatic heterocycles. The second-order valence-corrected chi connectivity index (χ2v) is 6.07. The first-order chi connectivity index (χ1) is 11.2. The van der Waals surface area contributed by atoms with E-state index in [0.717, 1.165) is 0 Å². The molecule has 1 amide bonds. The lowest BCUT2D eigenvalue weighted by atomic mass is 10.1. The van der Waals surface area contributed by atoms with Gasteiger partial charge in [0.1, 0.15) is 5.75 Å². The minimum Gasteiger partial charge on any atom is -0.434 e. The van der Waals surface area contributed by atoms with Gasteiger partial charge in [0.05, 0.1) is 10.0 Å². The average molecular weight is 372 g/mol. The Hall–Kier alpha value is -2.25. The van der Waals surface area contributed by atoms with Gasteiger partial charge in [-0.2, -0.15) is 0 Å². The SMILES string of the molecule is CC(C)c1cc(Oc2c(Cl)cc(OC(N)=O)cc2Cl)nn(C)c1=O. The van der Waals surface area contributed by atoms with Crippen molar-refractivity contribution >= 4 is 29.3 Å². The number of benzene rings is 1. The Morgan fingerprint density at radius 3 is 2.33 bits per heavy atom. The fourth-order valence-electron chi connectivity index (χ4n) is 1.98. The third kappa shape index (κ3) is 3.98. The second-order valence-electron chi connectivity index (χ2n) is 5.26. The molecule has 9 heteroatoms. The van der Waals surface area contributed by atoms with E-state index >= 15 is 0 Å². The van der Waals surface area contributed by atoms with E-state index < -0.39 is 6.09 Å². The first kappa shape index (κ1) is 18.1. The Morgan fingerprint density at radius 1 is 1.25 bits per heavy atom. The van der Waals surface area contributed by atoms with Gasteiger partial charge < -0.3 is 15.2 Å². The molecular formula is C15H15Cl2N3O4. The number of nitrogens with two attached hydrogens (primary N) is 1. The summed E-state index contributed by atoms with van der Waals surface area (Å²) < 4.78 is 11.5. The van der Waals surface area contributed by atoms with Crippen LogP contribution < -0.4 is 20.8 Å². The van der Waals surface area contributed by atoms with Gasteiger partial charge in [-0.3, -0.25) is 4.79 Å². The molecule has 0 fully saturated rings. The molecule has 0 bridgehead atoms. The molecule has 2 N–H and O–H groups in total. The highest BCUT2D eigenvalue weighted by atomic mass is 35.5. The third-order valence-corrected chi connectivity index (χ3v) is 3.65. The molecule has 0 radical (unpaired) electrons. The van der Waals surface area contributed by atoms with E-state index in [-0.39, 0.29) is 38.9 Å². The molecule has 1 aromatic carbocycles. The number of hydrogen-bond acceptors (Lipinski definition) is 5. The largest absolute Gasteiger partial charge is 0.434 e. The van der Waals surface area contributed by atoms with Crippen LogP contribution in [0.25, 0.3) is 0 Å². The van der Waals surface area contributed by atoms with Crippen molar-refractivity contribution in [3.05, 3.63) is 44.2 Å². The van der Waals surface area contributed by atoms with Gasteiger partial charge in [0.2, 0.25) is 5.88 Å². The number of halogens is 2. The minimum atomic E-state index is -0.989. The lowest BCUT2D eigenvalue weighted by Crippen LogP contribution is -2.24. The van der Waals surface area contributed by atoms with Gasteiger partial charge in [-0.25, -0.2) is 9.48 Å². The zero-order valence-corrected chi connectivity index (χ0v) is 14.7. The lowest BCUT2D eigenvalue weighted by Gasteiger charge is -2.13. The molecule has 24 heavy (non-hydrogen) atoms. The molecule has 0 unspecified atom stereocenters. The van der Waals surface area contributed by atoms with Crippen molar-refractivity contribution in [3.8, 4) is 17.4 Å². The van der Waals surface area contributed by atoms with Crippen molar-refractivity contribution in [2.75, 3.05) is 0 Å². The number of rotatable bonds is 4. The summed E-state index contributed by atoms with van der Waals surface area (Å²) in [6, 6.07) is 4.20. The summed E-state index contributed by atoms with van der Waals surface area (Å²) in [6.45, 7) is 3.77. The van der Waals surface area contributed by atoms with E-state index in [4.69, 9.17) is 38.4 Å². The van der Waals surface area contributed by atoms with Crippen LogP contribution in [0.3, 0.4) is 0 Å². The zero-order chi connectivity index (χ0) is 18.0. The number of carbonyl (C=O) groups is 1. The highest BCUT2D eigenvalue weighted by molar-refractivity contribution is 6.37. The molecule has 0 aliphatic carbocycles. The molecule has 7 nitrogen and oxygen atoms in total. The van der Waals surface area contributed by atoms with Gasteiger partial charge in [0, 0.05) is 30.8 Å². The van der Waals surface area contributed by atoms with Crippen LogP contribution in [0.2, 0.25) is 10.0 Å². The molecule has 2 aromatic rings. The predicted molar refractivity (Wildman–Crippen MR) is 90.3 cm³/mol. The number of aromatic nitrogens is 2. The van der Waals surface area contributed by atoms with Gasteiger partial charge in [-0.05, 0) is 5.92 Å². The Labute approximate surface area is 147 Å². The van der Waals surface area contributed by atoms with Gasteiger partial charge in [-0.15, -0.1) is 5.10 Å². The van der Waals surface area contributed by atoms with Crippen molar-refractivity contribution < 1.29 is 14.3 Å².